The number of unbranched alkanes of at least 4 members (excludes halogenated alkanes) is 2. The van der Waals surface area contributed by atoms with Gasteiger partial charge in [0, 0.05) is 26.1 Å². The molecular weight excluding hydrogens is 490 g/mol. The van der Waals surface area contributed by atoms with Crippen LogP contribution < -0.4 is 0 Å². The molecule has 0 amide bonds. The van der Waals surface area contributed by atoms with Crippen LogP contribution in [0.2, 0.25) is 0 Å². The number of rotatable bonds is 18. The first-order valence-corrected chi connectivity index (χ1v) is 14.2. The topological polar surface area (TPSA) is 110 Å². The van der Waals surface area contributed by atoms with E-state index >= 15 is 0 Å². The number of ether oxygens (including phenoxy) is 4. The van der Waals surface area contributed by atoms with E-state index in [1.54, 1.807) is 14.0 Å². The highest BCUT2D eigenvalue weighted by atomic mass is 32.2. The van der Waals surface area contributed by atoms with Crippen molar-refractivity contribution >= 4 is 16.1 Å². The molecule has 4 atom stereocenters. The zero-order chi connectivity index (χ0) is 26.4. The summed E-state index contributed by atoms with van der Waals surface area (Å²) in [5, 5.41) is 1.95. The van der Waals surface area contributed by atoms with Crippen molar-refractivity contribution in [3.8, 4) is 0 Å². The molecule has 0 aromatic heterocycles. The van der Waals surface area contributed by atoms with Crippen LogP contribution in [0, 0.1) is 0 Å². The fourth-order valence-corrected chi connectivity index (χ4v) is 4.87. The first-order chi connectivity index (χ1) is 17.2. The van der Waals surface area contributed by atoms with Gasteiger partial charge in [-0.25, -0.2) is 0 Å². The van der Waals surface area contributed by atoms with E-state index in [0.29, 0.717) is 32.6 Å². The van der Waals surface area contributed by atoms with Crippen LogP contribution in [0.4, 0.5) is 0 Å². The lowest BCUT2D eigenvalue weighted by atomic mass is 9.98. The molecule has 36 heavy (non-hydrogen) atoms. The van der Waals surface area contributed by atoms with Crippen molar-refractivity contribution in [1.82, 2.24) is 5.06 Å². The Balaban J connectivity index is 2.07. The third-order valence-electron chi connectivity index (χ3n) is 5.94. The van der Waals surface area contributed by atoms with Crippen LogP contribution in [-0.4, -0.2) is 84.3 Å². The summed E-state index contributed by atoms with van der Waals surface area (Å²) >= 11 is 0. The van der Waals surface area contributed by atoms with E-state index in [9.17, 15) is 13.2 Å². The summed E-state index contributed by atoms with van der Waals surface area (Å²) in [6.45, 7) is 2.98. The molecule has 1 aliphatic rings. The summed E-state index contributed by atoms with van der Waals surface area (Å²) in [4.78, 5) is 17.7. The number of hydrogen-bond donors (Lipinski definition) is 0. The van der Waals surface area contributed by atoms with Gasteiger partial charge in [0.15, 0.2) is 0 Å². The van der Waals surface area contributed by atoms with Crippen molar-refractivity contribution in [3.63, 3.8) is 0 Å². The molecule has 1 heterocycles. The Bertz CT molecular complexity index is 852. The maximum atomic E-state index is 11.8. The predicted octanol–water partition coefficient (Wildman–Crippen LogP) is 3.06. The molecule has 0 N–H and O–H groups in total. The predicted molar refractivity (Wildman–Crippen MR) is 133 cm³/mol. The lowest BCUT2D eigenvalue weighted by Crippen LogP contribution is -2.41. The van der Waals surface area contributed by atoms with Gasteiger partial charge in [-0.1, -0.05) is 43.2 Å². The number of carbonyl (C=O) groups excluding carboxylic acids is 1. The zero-order valence-corrected chi connectivity index (χ0v) is 22.6. The number of carbonyl (C=O) groups is 1. The van der Waals surface area contributed by atoms with Crippen molar-refractivity contribution in [2.75, 3.05) is 40.5 Å². The monoisotopic (exact) mass is 531 g/mol. The van der Waals surface area contributed by atoms with Crippen LogP contribution in [0.15, 0.2) is 30.3 Å². The van der Waals surface area contributed by atoms with E-state index in [1.807, 2.05) is 35.4 Å². The first-order valence-electron chi connectivity index (χ1n) is 12.3. The molecule has 2 rings (SSSR count). The van der Waals surface area contributed by atoms with Crippen LogP contribution in [0.5, 0.6) is 0 Å². The Morgan fingerprint density at radius 1 is 1.14 bits per heavy atom. The number of hydroxylamine groups is 2. The van der Waals surface area contributed by atoms with E-state index in [1.165, 1.54) is 7.11 Å². The Morgan fingerprint density at radius 3 is 2.56 bits per heavy atom. The fourth-order valence-electron chi connectivity index (χ4n) is 4.21. The minimum absolute atomic E-state index is 0.0395. The molecule has 206 valence electrons. The molecule has 11 heteroatoms. The highest BCUT2D eigenvalue weighted by molar-refractivity contribution is 7.86. The molecule has 10 nitrogen and oxygen atoms in total. The lowest BCUT2D eigenvalue weighted by molar-refractivity contribution is -0.223. The molecular formula is C25H41NO9S. The van der Waals surface area contributed by atoms with Gasteiger partial charge in [0.25, 0.3) is 10.1 Å². The van der Waals surface area contributed by atoms with Crippen molar-refractivity contribution < 1.29 is 41.2 Å². The number of benzene rings is 1. The van der Waals surface area contributed by atoms with Gasteiger partial charge in [0.05, 0.1) is 26.6 Å². The Morgan fingerprint density at radius 2 is 1.89 bits per heavy atom. The first kappa shape index (κ1) is 30.6. The van der Waals surface area contributed by atoms with Crippen molar-refractivity contribution in [1.29, 1.82) is 0 Å². The largest absolute Gasteiger partial charge is 0.469 e. The lowest BCUT2D eigenvalue weighted by Gasteiger charge is -2.28. The molecule has 0 spiro atoms. The summed E-state index contributed by atoms with van der Waals surface area (Å²) in [5.74, 6) is -0.197. The number of nitrogens with zero attached hydrogens (tertiary/aromatic N) is 1. The van der Waals surface area contributed by atoms with Gasteiger partial charge in [-0.3, -0.25) is 13.8 Å². The quantitative estimate of drug-likeness (QED) is 0.121. The third-order valence-corrected chi connectivity index (χ3v) is 6.59. The SMILES string of the molecule is COCCOCO[C@H]([C@@H](C)OS(C)(=O)=O)[C@H]1C[C@H](CCCCCC(=O)OC)N(Cc2ccccc2)O1. The standard InChI is InChI=1S/C25H41NO9S/c1-20(35-36(4,28)29)25(33-19-32-16-15-30-2)23-17-22(13-9-6-10-14-24(27)31-3)26(34-23)18-21-11-7-5-8-12-21/h5,7-8,11-12,20,22-23,25H,6,9-10,13-19H2,1-4H3/t20-,22+,23-,25-/m1/s1. The second-order valence-corrected chi connectivity index (χ2v) is 10.5. The summed E-state index contributed by atoms with van der Waals surface area (Å²) in [5.41, 5.74) is 1.11. The normalized spacial score (nSPS) is 20.3. The van der Waals surface area contributed by atoms with Gasteiger partial charge < -0.3 is 18.9 Å². The molecule has 1 aromatic rings. The second kappa shape index (κ2) is 16.3. The maximum absolute atomic E-state index is 11.8. The smallest absolute Gasteiger partial charge is 0.305 e. The van der Waals surface area contributed by atoms with Gasteiger partial charge in [-0.05, 0) is 31.7 Å². The maximum Gasteiger partial charge on any atom is 0.305 e. The van der Waals surface area contributed by atoms with Gasteiger partial charge in [-0.2, -0.15) is 13.5 Å². The minimum atomic E-state index is -3.69. The summed E-state index contributed by atoms with van der Waals surface area (Å²) < 4.78 is 50.0. The second-order valence-electron chi connectivity index (χ2n) is 8.93. The summed E-state index contributed by atoms with van der Waals surface area (Å²) in [6, 6.07) is 10.1. The van der Waals surface area contributed by atoms with E-state index in [2.05, 4.69) is 0 Å². The number of hydrogen-bond acceptors (Lipinski definition) is 10. The molecule has 0 radical (unpaired) electrons. The van der Waals surface area contributed by atoms with Crippen LogP contribution in [-0.2, 0) is 49.4 Å². The molecule has 0 saturated carbocycles. The third kappa shape index (κ3) is 11.6. The zero-order valence-electron chi connectivity index (χ0n) is 21.8. The van der Waals surface area contributed by atoms with Gasteiger partial charge >= 0.3 is 5.97 Å². The molecule has 1 aromatic carbocycles. The van der Waals surface area contributed by atoms with Gasteiger partial charge in [0.1, 0.15) is 25.1 Å². The van der Waals surface area contributed by atoms with Gasteiger partial charge in [0.2, 0.25) is 0 Å². The molecule has 0 unspecified atom stereocenters. The highest BCUT2D eigenvalue weighted by Crippen LogP contribution is 2.32. The van der Waals surface area contributed by atoms with Gasteiger partial charge in [-0.15, -0.1) is 0 Å². The molecule has 0 aliphatic carbocycles. The van der Waals surface area contributed by atoms with Crippen LogP contribution in [0.25, 0.3) is 0 Å². The highest BCUT2D eigenvalue weighted by Gasteiger charge is 2.41. The molecule has 1 aliphatic heterocycles. The van der Waals surface area contributed by atoms with E-state index < -0.39 is 28.4 Å². The molecule has 1 saturated heterocycles. The number of methoxy groups -OCH3 is 2. The van der Waals surface area contributed by atoms with Crippen LogP contribution >= 0.6 is 0 Å². The van der Waals surface area contributed by atoms with E-state index in [4.69, 9.17) is 28.0 Å². The van der Waals surface area contributed by atoms with E-state index in [-0.39, 0.29) is 18.8 Å². The summed E-state index contributed by atoms with van der Waals surface area (Å²) in [6.07, 6.45) is 3.67. The molecule has 0 bridgehead atoms. The summed E-state index contributed by atoms with van der Waals surface area (Å²) in [7, 11) is -0.710. The molecule has 1 fully saturated rings. The van der Waals surface area contributed by atoms with Crippen LogP contribution in [0.1, 0.15) is 51.0 Å². The Hall–Kier alpha value is -1.60. The van der Waals surface area contributed by atoms with Crippen LogP contribution in [0.3, 0.4) is 0 Å². The number of esters is 1. The average Bonchev–Trinajstić information content (AvgIpc) is 3.22. The average molecular weight is 532 g/mol. The Kier molecular flexibility index (Phi) is 13.9. The van der Waals surface area contributed by atoms with Crippen molar-refractivity contribution in [2.24, 2.45) is 0 Å². The fraction of sp³-hybridized carbons (Fsp3) is 0.720. The van der Waals surface area contributed by atoms with Crippen molar-refractivity contribution in [3.05, 3.63) is 35.9 Å². The minimum Gasteiger partial charge on any atom is -0.469 e. The van der Waals surface area contributed by atoms with E-state index in [0.717, 1.165) is 37.5 Å². The Labute approximate surface area is 215 Å². The van der Waals surface area contributed by atoms with Crippen molar-refractivity contribution in [2.45, 2.75) is 76.3 Å².